The van der Waals surface area contributed by atoms with E-state index in [2.05, 4.69) is 10.6 Å². The van der Waals surface area contributed by atoms with E-state index in [-0.39, 0.29) is 11.8 Å². The molecular weight excluding hydrogens is 252 g/mol. The molecule has 2 N–H and O–H groups in total. The van der Waals surface area contributed by atoms with Gasteiger partial charge in [-0.3, -0.25) is 9.59 Å². The van der Waals surface area contributed by atoms with E-state index < -0.39 is 0 Å². The van der Waals surface area contributed by atoms with Crippen LogP contribution in [0.25, 0.3) is 0 Å². The Labute approximate surface area is 112 Å². The van der Waals surface area contributed by atoms with Crippen LogP contribution >= 0.6 is 11.6 Å². The first-order valence-electron chi connectivity index (χ1n) is 5.91. The molecule has 0 radical (unpaired) electrons. The number of benzene rings is 1. The van der Waals surface area contributed by atoms with Crippen LogP contribution in [0.3, 0.4) is 0 Å². The van der Waals surface area contributed by atoms with Crippen molar-refractivity contribution < 1.29 is 9.59 Å². The Kier molecular flexibility index (Phi) is 6.22. The van der Waals surface area contributed by atoms with Crippen molar-refractivity contribution in [1.82, 2.24) is 5.32 Å². The predicted octanol–water partition coefficient (Wildman–Crippen LogP) is 2.39. The van der Waals surface area contributed by atoms with Crippen molar-refractivity contribution in [1.29, 1.82) is 0 Å². The largest absolute Gasteiger partial charge is 0.352 e. The van der Waals surface area contributed by atoms with Crippen molar-refractivity contribution in [3.05, 3.63) is 29.8 Å². The summed E-state index contributed by atoms with van der Waals surface area (Å²) in [6.07, 6.45) is 1.06. The number of halogens is 1. The van der Waals surface area contributed by atoms with Crippen LogP contribution in [0.5, 0.6) is 0 Å². The van der Waals surface area contributed by atoms with E-state index in [1.165, 1.54) is 0 Å². The second kappa shape index (κ2) is 7.71. The van der Waals surface area contributed by atoms with Crippen molar-refractivity contribution in [2.75, 3.05) is 17.7 Å². The molecule has 98 valence electrons. The molecule has 0 spiro atoms. The highest BCUT2D eigenvalue weighted by atomic mass is 35.5. The Morgan fingerprint density at radius 2 is 1.89 bits per heavy atom. The Balaban J connectivity index is 2.55. The molecule has 0 bridgehead atoms. The summed E-state index contributed by atoms with van der Waals surface area (Å²) < 4.78 is 0. The lowest BCUT2D eigenvalue weighted by atomic mass is 10.2. The molecule has 0 unspecified atom stereocenters. The lowest BCUT2D eigenvalue weighted by Crippen LogP contribution is -2.22. The van der Waals surface area contributed by atoms with E-state index in [9.17, 15) is 9.59 Å². The second-order valence-electron chi connectivity index (χ2n) is 3.78. The predicted molar refractivity (Wildman–Crippen MR) is 73.0 cm³/mol. The van der Waals surface area contributed by atoms with Crippen molar-refractivity contribution in [2.24, 2.45) is 0 Å². The summed E-state index contributed by atoms with van der Waals surface area (Å²) >= 11 is 5.51. The molecule has 0 aromatic heterocycles. The normalized spacial score (nSPS) is 9.89. The zero-order valence-corrected chi connectivity index (χ0v) is 11.1. The maximum atomic E-state index is 11.5. The van der Waals surface area contributed by atoms with Gasteiger partial charge in [0.2, 0.25) is 5.91 Å². The zero-order valence-electron chi connectivity index (χ0n) is 10.3. The average molecular weight is 269 g/mol. The summed E-state index contributed by atoms with van der Waals surface area (Å²) in [6.45, 7) is 2.46. The second-order valence-corrected chi connectivity index (χ2v) is 4.16. The quantitative estimate of drug-likeness (QED) is 0.779. The van der Waals surface area contributed by atoms with Gasteiger partial charge in [0, 0.05) is 30.1 Å². The summed E-state index contributed by atoms with van der Waals surface area (Å²) in [7, 11) is 0. The lowest BCUT2D eigenvalue weighted by Gasteiger charge is -2.06. The molecular formula is C13H17ClN2O2. The average Bonchev–Trinajstić information content (AvgIpc) is 2.37. The van der Waals surface area contributed by atoms with Gasteiger partial charge in [-0.25, -0.2) is 0 Å². The highest BCUT2D eigenvalue weighted by Gasteiger charge is 2.05. The topological polar surface area (TPSA) is 58.2 Å². The Morgan fingerprint density at radius 1 is 1.22 bits per heavy atom. The molecule has 18 heavy (non-hydrogen) atoms. The molecule has 0 saturated carbocycles. The van der Waals surface area contributed by atoms with Gasteiger partial charge in [0.1, 0.15) is 0 Å². The van der Waals surface area contributed by atoms with Crippen molar-refractivity contribution >= 4 is 29.1 Å². The van der Waals surface area contributed by atoms with Crippen LogP contribution in [0, 0.1) is 0 Å². The molecule has 0 aliphatic rings. The summed E-state index contributed by atoms with van der Waals surface area (Å²) in [5.74, 6) is 0.294. The van der Waals surface area contributed by atoms with Crippen molar-refractivity contribution in [3.63, 3.8) is 0 Å². The molecule has 1 aromatic carbocycles. The van der Waals surface area contributed by atoms with Crippen molar-refractivity contribution in [2.45, 2.75) is 19.8 Å². The molecule has 1 aromatic rings. The zero-order chi connectivity index (χ0) is 13.4. The van der Waals surface area contributed by atoms with Gasteiger partial charge in [-0.2, -0.15) is 0 Å². The first kappa shape index (κ1) is 14.5. The summed E-state index contributed by atoms with van der Waals surface area (Å²) in [5.41, 5.74) is 1.26. The first-order valence-corrected chi connectivity index (χ1v) is 6.45. The third kappa shape index (κ3) is 4.75. The number of carbonyl (C=O) groups excluding carboxylic acids is 2. The molecule has 2 amide bonds. The SMILES string of the molecule is CCNC(=O)c1ccc(NC(=O)CCCCl)cc1. The number of amides is 2. The standard InChI is InChI=1S/C13H17ClN2O2/c1-2-15-13(18)10-5-7-11(8-6-10)16-12(17)4-3-9-14/h5-8H,2-4,9H2,1H3,(H,15,18)(H,16,17). The van der Waals surface area contributed by atoms with E-state index in [1.54, 1.807) is 24.3 Å². The van der Waals surface area contributed by atoms with Crippen LogP contribution in [0.15, 0.2) is 24.3 Å². The molecule has 1 rings (SSSR count). The number of hydrogen-bond donors (Lipinski definition) is 2. The number of alkyl halides is 1. The van der Waals surface area contributed by atoms with Crippen molar-refractivity contribution in [3.8, 4) is 0 Å². The van der Waals surface area contributed by atoms with Gasteiger partial charge >= 0.3 is 0 Å². The number of anilines is 1. The Bertz CT molecular complexity index is 404. The van der Waals surface area contributed by atoms with Gasteiger partial charge in [-0.1, -0.05) is 0 Å². The first-order chi connectivity index (χ1) is 8.67. The Morgan fingerprint density at radius 3 is 2.44 bits per heavy atom. The van der Waals surface area contributed by atoms with Crippen LogP contribution in [-0.2, 0) is 4.79 Å². The van der Waals surface area contributed by atoms with Gasteiger partial charge in [0.05, 0.1) is 0 Å². The number of carbonyl (C=O) groups is 2. The third-order valence-electron chi connectivity index (χ3n) is 2.31. The van der Waals surface area contributed by atoms with Crippen LogP contribution < -0.4 is 10.6 Å². The third-order valence-corrected chi connectivity index (χ3v) is 2.57. The fraction of sp³-hybridized carbons (Fsp3) is 0.385. The highest BCUT2D eigenvalue weighted by molar-refractivity contribution is 6.18. The molecule has 0 atom stereocenters. The number of rotatable bonds is 6. The summed E-state index contributed by atoms with van der Waals surface area (Å²) in [6, 6.07) is 6.79. The summed E-state index contributed by atoms with van der Waals surface area (Å²) in [4.78, 5) is 23.0. The molecule has 0 aliphatic carbocycles. The number of nitrogens with one attached hydrogen (secondary N) is 2. The van der Waals surface area contributed by atoms with E-state index in [0.29, 0.717) is 36.5 Å². The maximum Gasteiger partial charge on any atom is 0.251 e. The molecule has 0 saturated heterocycles. The van der Waals surface area contributed by atoms with Crippen LogP contribution in [-0.4, -0.2) is 24.2 Å². The van der Waals surface area contributed by atoms with E-state index in [1.807, 2.05) is 6.92 Å². The molecule has 5 heteroatoms. The Hall–Kier alpha value is -1.55. The van der Waals surface area contributed by atoms with E-state index in [0.717, 1.165) is 0 Å². The molecule has 4 nitrogen and oxygen atoms in total. The molecule has 0 fully saturated rings. The highest BCUT2D eigenvalue weighted by Crippen LogP contribution is 2.10. The summed E-state index contributed by atoms with van der Waals surface area (Å²) in [5, 5.41) is 5.45. The molecule has 0 heterocycles. The van der Waals surface area contributed by atoms with Gasteiger partial charge in [-0.05, 0) is 37.6 Å². The fourth-order valence-electron chi connectivity index (χ4n) is 1.42. The minimum Gasteiger partial charge on any atom is -0.352 e. The lowest BCUT2D eigenvalue weighted by molar-refractivity contribution is -0.116. The van der Waals surface area contributed by atoms with Gasteiger partial charge < -0.3 is 10.6 Å². The van der Waals surface area contributed by atoms with Crippen LogP contribution in [0.4, 0.5) is 5.69 Å². The smallest absolute Gasteiger partial charge is 0.251 e. The van der Waals surface area contributed by atoms with Crippen LogP contribution in [0.2, 0.25) is 0 Å². The van der Waals surface area contributed by atoms with Gasteiger partial charge in [0.15, 0.2) is 0 Å². The monoisotopic (exact) mass is 268 g/mol. The number of hydrogen-bond acceptors (Lipinski definition) is 2. The fourth-order valence-corrected chi connectivity index (χ4v) is 1.55. The molecule has 0 aliphatic heterocycles. The van der Waals surface area contributed by atoms with Gasteiger partial charge in [-0.15, -0.1) is 11.6 Å². The van der Waals surface area contributed by atoms with Gasteiger partial charge in [0.25, 0.3) is 5.91 Å². The minimum atomic E-state index is -0.113. The van der Waals surface area contributed by atoms with E-state index >= 15 is 0 Å². The van der Waals surface area contributed by atoms with Crippen LogP contribution in [0.1, 0.15) is 30.1 Å². The maximum absolute atomic E-state index is 11.5. The van der Waals surface area contributed by atoms with E-state index in [4.69, 9.17) is 11.6 Å². The minimum absolute atomic E-state index is 0.0681.